The maximum Gasteiger partial charge on any atom is 0.140 e. The highest BCUT2D eigenvalue weighted by molar-refractivity contribution is 6.32. The SMILES string of the molecule is COc1cc(F)c(C(N)CCO)cc1Cl. The molecule has 0 amide bonds. The van der Waals surface area contributed by atoms with E-state index in [-0.39, 0.29) is 17.9 Å². The summed E-state index contributed by atoms with van der Waals surface area (Å²) in [7, 11) is 1.41. The molecule has 0 bridgehead atoms. The number of hydrogen-bond donors (Lipinski definition) is 2. The second-order valence-electron chi connectivity index (χ2n) is 3.13. The molecule has 1 atom stereocenters. The molecular formula is C10H13ClFNO2. The van der Waals surface area contributed by atoms with E-state index in [1.165, 1.54) is 19.2 Å². The van der Waals surface area contributed by atoms with Crippen LogP contribution in [0.3, 0.4) is 0 Å². The summed E-state index contributed by atoms with van der Waals surface area (Å²) in [4.78, 5) is 0. The van der Waals surface area contributed by atoms with Gasteiger partial charge in [0.15, 0.2) is 0 Å². The van der Waals surface area contributed by atoms with Gasteiger partial charge in [-0.1, -0.05) is 11.6 Å². The molecule has 0 heterocycles. The molecule has 0 fully saturated rings. The Kier molecular flexibility index (Phi) is 4.32. The smallest absolute Gasteiger partial charge is 0.140 e. The summed E-state index contributed by atoms with van der Waals surface area (Å²) in [6.45, 7) is -0.0930. The summed E-state index contributed by atoms with van der Waals surface area (Å²) >= 11 is 5.84. The normalized spacial score (nSPS) is 12.6. The summed E-state index contributed by atoms with van der Waals surface area (Å²) in [5.74, 6) is -0.202. The zero-order valence-corrected chi connectivity index (χ0v) is 9.09. The highest BCUT2D eigenvalue weighted by Crippen LogP contribution is 2.30. The highest BCUT2D eigenvalue weighted by atomic mass is 35.5. The topological polar surface area (TPSA) is 55.5 Å². The molecule has 84 valence electrons. The molecule has 0 saturated carbocycles. The first kappa shape index (κ1) is 12.2. The fourth-order valence-corrected chi connectivity index (χ4v) is 1.53. The number of rotatable bonds is 4. The van der Waals surface area contributed by atoms with Gasteiger partial charge >= 0.3 is 0 Å². The third kappa shape index (κ3) is 2.81. The molecule has 0 aliphatic heterocycles. The van der Waals surface area contributed by atoms with E-state index >= 15 is 0 Å². The third-order valence-corrected chi connectivity index (χ3v) is 2.41. The average Bonchev–Trinajstić information content (AvgIpc) is 2.21. The van der Waals surface area contributed by atoms with Gasteiger partial charge in [0, 0.05) is 24.3 Å². The van der Waals surface area contributed by atoms with E-state index in [4.69, 9.17) is 27.2 Å². The summed E-state index contributed by atoms with van der Waals surface area (Å²) in [5.41, 5.74) is 5.95. The van der Waals surface area contributed by atoms with Crippen molar-refractivity contribution >= 4 is 11.6 Å². The summed E-state index contributed by atoms with van der Waals surface area (Å²) in [6, 6.07) is 2.06. The number of hydrogen-bond acceptors (Lipinski definition) is 3. The largest absolute Gasteiger partial charge is 0.495 e. The number of aliphatic hydroxyl groups excluding tert-OH is 1. The zero-order chi connectivity index (χ0) is 11.4. The Morgan fingerprint density at radius 2 is 2.27 bits per heavy atom. The lowest BCUT2D eigenvalue weighted by Gasteiger charge is -2.13. The van der Waals surface area contributed by atoms with E-state index in [0.29, 0.717) is 11.4 Å². The van der Waals surface area contributed by atoms with Crippen molar-refractivity contribution in [2.45, 2.75) is 12.5 Å². The van der Waals surface area contributed by atoms with Gasteiger partial charge in [0.1, 0.15) is 11.6 Å². The van der Waals surface area contributed by atoms with Crippen LogP contribution in [0.15, 0.2) is 12.1 Å². The van der Waals surface area contributed by atoms with Crippen molar-refractivity contribution in [2.24, 2.45) is 5.73 Å². The van der Waals surface area contributed by atoms with E-state index in [1.807, 2.05) is 0 Å². The van der Waals surface area contributed by atoms with Crippen molar-refractivity contribution in [3.05, 3.63) is 28.5 Å². The monoisotopic (exact) mass is 233 g/mol. The molecule has 5 heteroatoms. The maximum atomic E-state index is 13.5. The molecule has 1 aromatic carbocycles. The van der Waals surface area contributed by atoms with Crippen LogP contribution in [0.1, 0.15) is 18.0 Å². The van der Waals surface area contributed by atoms with Crippen molar-refractivity contribution in [1.82, 2.24) is 0 Å². The van der Waals surface area contributed by atoms with Crippen molar-refractivity contribution in [3.63, 3.8) is 0 Å². The minimum atomic E-state index is -0.557. The molecule has 0 aromatic heterocycles. The van der Waals surface area contributed by atoms with Crippen molar-refractivity contribution in [2.75, 3.05) is 13.7 Å². The van der Waals surface area contributed by atoms with E-state index in [2.05, 4.69) is 0 Å². The molecule has 1 unspecified atom stereocenters. The molecule has 0 radical (unpaired) electrons. The first-order valence-corrected chi connectivity index (χ1v) is 4.87. The van der Waals surface area contributed by atoms with Gasteiger partial charge in [-0.25, -0.2) is 4.39 Å². The van der Waals surface area contributed by atoms with Crippen LogP contribution in [-0.2, 0) is 0 Å². The van der Waals surface area contributed by atoms with Crippen molar-refractivity contribution < 1.29 is 14.2 Å². The van der Waals surface area contributed by atoms with Crippen LogP contribution in [-0.4, -0.2) is 18.8 Å². The maximum absolute atomic E-state index is 13.5. The molecule has 3 N–H and O–H groups in total. The Morgan fingerprint density at radius 1 is 1.60 bits per heavy atom. The molecule has 1 rings (SSSR count). The lowest BCUT2D eigenvalue weighted by molar-refractivity contribution is 0.275. The van der Waals surface area contributed by atoms with Crippen LogP contribution in [0, 0.1) is 5.82 Å². The Balaban J connectivity index is 3.04. The standard InChI is InChI=1S/C10H13ClFNO2/c1-15-10-5-8(12)6(4-7(10)11)9(13)2-3-14/h4-5,9,14H,2-3,13H2,1H3. The van der Waals surface area contributed by atoms with Gasteiger partial charge in [0.25, 0.3) is 0 Å². The van der Waals surface area contributed by atoms with Crippen molar-refractivity contribution in [3.8, 4) is 5.75 Å². The number of halogens is 2. The van der Waals surface area contributed by atoms with Gasteiger partial charge in [-0.05, 0) is 12.5 Å². The first-order chi connectivity index (χ1) is 7.10. The molecule has 15 heavy (non-hydrogen) atoms. The van der Waals surface area contributed by atoms with E-state index in [0.717, 1.165) is 0 Å². The van der Waals surface area contributed by atoms with Gasteiger partial charge in [-0.15, -0.1) is 0 Å². The fourth-order valence-electron chi connectivity index (χ4n) is 1.28. The quantitative estimate of drug-likeness (QED) is 0.835. The molecule has 0 aliphatic carbocycles. The molecular weight excluding hydrogens is 221 g/mol. The third-order valence-electron chi connectivity index (χ3n) is 2.11. The van der Waals surface area contributed by atoms with Gasteiger partial charge < -0.3 is 15.6 Å². The zero-order valence-electron chi connectivity index (χ0n) is 8.34. The lowest BCUT2D eigenvalue weighted by Crippen LogP contribution is -2.13. The average molecular weight is 234 g/mol. The number of ether oxygens (including phenoxy) is 1. The Hall–Kier alpha value is -0.840. The molecule has 1 aromatic rings. The van der Waals surface area contributed by atoms with Crippen LogP contribution >= 0.6 is 11.6 Å². The van der Waals surface area contributed by atoms with E-state index in [1.54, 1.807) is 0 Å². The lowest BCUT2D eigenvalue weighted by atomic mass is 10.0. The highest BCUT2D eigenvalue weighted by Gasteiger charge is 2.14. The minimum Gasteiger partial charge on any atom is -0.495 e. The van der Waals surface area contributed by atoms with Crippen LogP contribution in [0.4, 0.5) is 4.39 Å². The predicted octanol–water partition coefficient (Wildman–Crippen LogP) is 1.87. The van der Waals surface area contributed by atoms with Crippen LogP contribution < -0.4 is 10.5 Å². The predicted molar refractivity (Wildman–Crippen MR) is 56.6 cm³/mol. The fraction of sp³-hybridized carbons (Fsp3) is 0.400. The minimum absolute atomic E-state index is 0.0930. The van der Waals surface area contributed by atoms with E-state index < -0.39 is 11.9 Å². The van der Waals surface area contributed by atoms with Gasteiger partial charge in [-0.2, -0.15) is 0 Å². The van der Waals surface area contributed by atoms with Crippen molar-refractivity contribution in [1.29, 1.82) is 0 Å². The number of benzene rings is 1. The summed E-state index contributed by atoms with van der Waals surface area (Å²) < 4.78 is 18.3. The number of aliphatic hydroxyl groups is 1. The molecule has 3 nitrogen and oxygen atoms in total. The number of nitrogens with two attached hydrogens (primary N) is 1. The second-order valence-corrected chi connectivity index (χ2v) is 3.53. The summed E-state index contributed by atoms with van der Waals surface area (Å²) in [6.07, 6.45) is 0.291. The van der Waals surface area contributed by atoms with Crippen LogP contribution in [0.25, 0.3) is 0 Å². The van der Waals surface area contributed by atoms with E-state index in [9.17, 15) is 4.39 Å². The van der Waals surface area contributed by atoms with Crippen LogP contribution in [0.2, 0.25) is 5.02 Å². The Bertz CT molecular complexity index is 346. The van der Waals surface area contributed by atoms with Gasteiger partial charge in [0.05, 0.1) is 12.1 Å². The Morgan fingerprint density at radius 3 is 2.80 bits per heavy atom. The van der Waals surface area contributed by atoms with Gasteiger partial charge in [-0.3, -0.25) is 0 Å². The second kappa shape index (κ2) is 5.30. The summed E-state index contributed by atoms with van der Waals surface area (Å²) in [5, 5.41) is 9.01. The van der Waals surface area contributed by atoms with Crippen LogP contribution in [0.5, 0.6) is 5.75 Å². The molecule has 0 saturated heterocycles. The molecule has 0 spiro atoms. The Labute approximate surface area is 92.6 Å². The molecule has 0 aliphatic rings. The number of methoxy groups -OCH3 is 1. The van der Waals surface area contributed by atoms with Gasteiger partial charge in [0.2, 0.25) is 0 Å². The first-order valence-electron chi connectivity index (χ1n) is 4.49.